The molecule has 1 aromatic carbocycles. The summed E-state index contributed by atoms with van der Waals surface area (Å²) in [6, 6.07) is 12.0. The number of pyridine rings is 1. The highest BCUT2D eigenvalue weighted by Gasteiger charge is 2.05. The van der Waals surface area contributed by atoms with Gasteiger partial charge in [-0.2, -0.15) is 0 Å². The molecular formula is C17H21NO. The molecule has 1 heterocycles. The summed E-state index contributed by atoms with van der Waals surface area (Å²) in [7, 11) is 0. The van der Waals surface area contributed by atoms with Crippen LogP contribution in [0.2, 0.25) is 0 Å². The van der Waals surface area contributed by atoms with Crippen LogP contribution in [0, 0.1) is 0 Å². The van der Waals surface area contributed by atoms with Crippen molar-refractivity contribution in [2.45, 2.75) is 45.4 Å². The number of Topliss-reactive ketones (excluding diaryl/α,β-unsaturated/α-hetero) is 1. The van der Waals surface area contributed by atoms with Crippen molar-refractivity contribution in [3.8, 4) is 0 Å². The quantitative estimate of drug-likeness (QED) is 0.690. The van der Waals surface area contributed by atoms with E-state index in [4.69, 9.17) is 0 Å². The van der Waals surface area contributed by atoms with E-state index in [-0.39, 0.29) is 0 Å². The van der Waals surface area contributed by atoms with E-state index in [1.165, 1.54) is 12.8 Å². The number of carbonyl (C=O) groups excluding carboxylic acids is 1. The zero-order valence-corrected chi connectivity index (χ0v) is 11.6. The monoisotopic (exact) mass is 255 g/mol. The molecule has 2 rings (SSSR count). The molecule has 1 aromatic heterocycles. The number of para-hydroxylation sites is 1. The highest BCUT2D eigenvalue weighted by atomic mass is 16.1. The smallest absolute Gasteiger partial charge is 0.138 e. The Labute approximate surface area is 114 Å². The molecule has 0 spiro atoms. The van der Waals surface area contributed by atoms with Crippen molar-refractivity contribution in [1.82, 2.24) is 4.98 Å². The number of hydrogen-bond acceptors (Lipinski definition) is 2. The van der Waals surface area contributed by atoms with Crippen molar-refractivity contribution in [2.75, 3.05) is 0 Å². The fourth-order valence-electron chi connectivity index (χ4n) is 2.25. The van der Waals surface area contributed by atoms with Crippen LogP contribution in [0.5, 0.6) is 0 Å². The molecule has 0 radical (unpaired) electrons. The summed E-state index contributed by atoms with van der Waals surface area (Å²) in [6.07, 6.45) is 5.76. The molecule has 2 aromatic rings. The minimum atomic E-state index is 0.305. The van der Waals surface area contributed by atoms with Crippen LogP contribution in [0.4, 0.5) is 0 Å². The summed E-state index contributed by atoms with van der Waals surface area (Å²) in [5, 5.41) is 1.13. The SMILES string of the molecule is CCCCCCC(=O)Cc1ccc2ccccc2n1. The first kappa shape index (κ1) is 13.7. The Hall–Kier alpha value is -1.70. The Morgan fingerprint density at radius 1 is 1.05 bits per heavy atom. The lowest BCUT2D eigenvalue weighted by molar-refractivity contribution is -0.118. The van der Waals surface area contributed by atoms with Crippen LogP contribution in [0.25, 0.3) is 10.9 Å². The average Bonchev–Trinajstić information content (AvgIpc) is 2.43. The minimum Gasteiger partial charge on any atom is -0.299 e. The second-order valence-corrected chi connectivity index (χ2v) is 5.02. The summed E-state index contributed by atoms with van der Waals surface area (Å²) >= 11 is 0. The van der Waals surface area contributed by atoms with Crippen LogP contribution in [-0.2, 0) is 11.2 Å². The van der Waals surface area contributed by atoms with E-state index in [1.807, 2.05) is 36.4 Å². The number of ketones is 1. The van der Waals surface area contributed by atoms with Gasteiger partial charge in [0, 0.05) is 23.9 Å². The van der Waals surface area contributed by atoms with Gasteiger partial charge in [-0.1, -0.05) is 50.5 Å². The molecule has 100 valence electrons. The van der Waals surface area contributed by atoms with Crippen LogP contribution < -0.4 is 0 Å². The first-order valence-corrected chi connectivity index (χ1v) is 7.16. The number of hydrogen-bond donors (Lipinski definition) is 0. The van der Waals surface area contributed by atoms with E-state index in [9.17, 15) is 4.79 Å². The van der Waals surface area contributed by atoms with Crippen molar-refractivity contribution in [1.29, 1.82) is 0 Å². The zero-order chi connectivity index (χ0) is 13.5. The van der Waals surface area contributed by atoms with Crippen molar-refractivity contribution in [3.05, 3.63) is 42.1 Å². The zero-order valence-electron chi connectivity index (χ0n) is 11.6. The van der Waals surface area contributed by atoms with Crippen molar-refractivity contribution < 1.29 is 4.79 Å². The van der Waals surface area contributed by atoms with Gasteiger partial charge in [-0.15, -0.1) is 0 Å². The van der Waals surface area contributed by atoms with Crippen LogP contribution in [0.15, 0.2) is 36.4 Å². The number of nitrogens with zero attached hydrogens (tertiary/aromatic N) is 1. The lowest BCUT2D eigenvalue weighted by Crippen LogP contribution is -2.04. The second kappa shape index (κ2) is 7.03. The van der Waals surface area contributed by atoms with Gasteiger partial charge >= 0.3 is 0 Å². The molecule has 0 unspecified atom stereocenters. The number of unbranched alkanes of at least 4 members (excludes halogenated alkanes) is 3. The van der Waals surface area contributed by atoms with Gasteiger partial charge in [0.1, 0.15) is 5.78 Å². The number of benzene rings is 1. The van der Waals surface area contributed by atoms with E-state index >= 15 is 0 Å². The van der Waals surface area contributed by atoms with Gasteiger partial charge < -0.3 is 0 Å². The summed E-state index contributed by atoms with van der Waals surface area (Å²) in [4.78, 5) is 16.4. The largest absolute Gasteiger partial charge is 0.299 e. The standard InChI is InChI=1S/C17H21NO/c1-2-3-4-5-9-16(19)13-15-12-11-14-8-6-7-10-17(14)18-15/h6-8,10-12H,2-5,9,13H2,1H3. The minimum absolute atomic E-state index is 0.305. The van der Waals surface area contributed by atoms with Crippen LogP contribution in [-0.4, -0.2) is 10.8 Å². The van der Waals surface area contributed by atoms with E-state index in [1.54, 1.807) is 0 Å². The summed E-state index contributed by atoms with van der Waals surface area (Å²) in [5.41, 5.74) is 1.86. The Kier molecular flexibility index (Phi) is 5.08. The second-order valence-electron chi connectivity index (χ2n) is 5.02. The topological polar surface area (TPSA) is 30.0 Å². The van der Waals surface area contributed by atoms with Crippen molar-refractivity contribution >= 4 is 16.7 Å². The van der Waals surface area contributed by atoms with Gasteiger partial charge in [0.05, 0.1) is 5.52 Å². The van der Waals surface area contributed by atoms with Crippen molar-refractivity contribution in [2.24, 2.45) is 0 Å². The normalized spacial score (nSPS) is 10.8. The maximum Gasteiger partial charge on any atom is 0.138 e. The van der Waals surface area contributed by atoms with Gasteiger partial charge in [-0.05, 0) is 18.6 Å². The third kappa shape index (κ3) is 4.16. The van der Waals surface area contributed by atoms with E-state index in [0.29, 0.717) is 18.6 Å². The highest BCUT2D eigenvalue weighted by Crippen LogP contribution is 2.13. The van der Waals surface area contributed by atoms with Gasteiger partial charge in [0.25, 0.3) is 0 Å². The maximum absolute atomic E-state index is 11.9. The Morgan fingerprint density at radius 3 is 2.74 bits per heavy atom. The van der Waals surface area contributed by atoms with Crippen LogP contribution in [0.3, 0.4) is 0 Å². The van der Waals surface area contributed by atoms with Gasteiger partial charge in [-0.25, -0.2) is 0 Å². The molecule has 0 aliphatic rings. The molecule has 2 nitrogen and oxygen atoms in total. The third-order valence-electron chi connectivity index (χ3n) is 3.34. The van der Waals surface area contributed by atoms with E-state index in [2.05, 4.69) is 11.9 Å². The first-order chi connectivity index (χ1) is 9.29. The Morgan fingerprint density at radius 2 is 1.89 bits per heavy atom. The average molecular weight is 255 g/mol. The van der Waals surface area contributed by atoms with E-state index < -0.39 is 0 Å². The lowest BCUT2D eigenvalue weighted by Gasteiger charge is -2.03. The number of aromatic nitrogens is 1. The molecular weight excluding hydrogens is 234 g/mol. The fourth-order valence-corrected chi connectivity index (χ4v) is 2.25. The number of carbonyl (C=O) groups is 1. The van der Waals surface area contributed by atoms with Gasteiger partial charge in [0.2, 0.25) is 0 Å². The molecule has 0 fully saturated rings. The fraction of sp³-hybridized carbons (Fsp3) is 0.412. The first-order valence-electron chi connectivity index (χ1n) is 7.16. The molecule has 2 heteroatoms. The lowest BCUT2D eigenvalue weighted by atomic mass is 10.1. The summed E-state index contributed by atoms with van der Waals surface area (Å²) in [5.74, 6) is 0.305. The van der Waals surface area contributed by atoms with E-state index in [0.717, 1.165) is 29.4 Å². The maximum atomic E-state index is 11.9. The molecule has 0 aliphatic carbocycles. The number of rotatable bonds is 7. The van der Waals surface area contributed by atoms with Crippen LogP contribution >= 0.6 is 0 Å². The summed E-state index contributed by atoms with van der Waals surface area (Å²) in [6.45, 7) is 2.18. The van der Waals surface area contributed by atoms with Crippen LogP contribution in [0.1, 0.15) is 44.7 Å². The van der Waals surface area contributed by atoms with Gasteiger partial charge in [0.15, 0.2) is 0 Å². The predicted octanol–water partition coefficient (Wildman–Crippen LogP) is 4.32. The Balaban J connectivity index is 1.91. The molecule has 0 saturated carbocycles. The molecule has 0 bridgehead atoms. The summed E-state index contributed by atoms with van der Waals surface area (Å²) < 4.78 is 0. The predicted molar refractivity (Wildman–Crippen MR) is 79.2 cm³/mol. The molecule has 0 saturated heterocycles. The highest BCUT2D eigenvalue weighted by molar-refractivity contribution is 5.82. The molecule has 0 aliphatic heterocycles. The molecule has 19 heavy (non-hydrogen) atoms. The molecule has 0 N–H and O–H groups in total. The van der Waals surface area contributed by atoms with Crippen molar-refractivity contribution in [3.63, 3.8) is 0 Å². The molecule has 0 amide bonds. The third-order valence-corrected chi connectivity index (χ3v) is 3.34. The Bertz CT molecular complexity index is 548. The molecule has 0 atom stereocenters. The van der Waals surface area contributed by atoms with Gasteiger partial charge in [-0.3, -0.25) is 9.78 Å². The number of fused-ring (bicyclic) bond motifs is 1.